The lowest BCUT2D eigenvalue weighted by Crippen LogP contribution is -2.04. The Hall–Kier alpha value is -1.59. The Balaban J connectivity index is 2.43. The van der Waals surface area contributed by atoms with Gasteiger partial charge in [-0.05, 0) is 45.8 Å². The molecule has 0 saturated carbocycles. The van der Waals surface area contributed by atoms with Crippen molar-refractivity contribution >= 4 is 15.9 Å². The van der Waals surface area contributed by atoms with E-state index in [4.69, 9.17) is 9.47 Å². The lowest BCUT2D eigenvalue weighted by Gasteiger charge is -2.14. The first-order valence-electron chi connectivity index (χ1n) is 5.67. The molecule has 0 saturated heterocycles. The van der Waals surface area contributed by atoms with Gasteiger partial charge < -0.3 is 14.6 Å². The summed E-state index contributed by atoms with van der Waals surface area (Å²) in [6.07, 6.45) is 0.792. The van der Waals surface area contributed by atoms with Gasteiger partial charge in [-0.25, -0.2) is 0 Å². The number of aliphatic hydroxyl groups excluding tert-OH is 1. The van der Waals surface area contributed by atoms with Crippen molar-refractivity contribution < 1.29 is 14.6 Å². The molecular formula is C14H14BrNO3. The first kappa shape index (κ1) is 13.8. The molecule has 1 atom stereocenters. The highest BCUT2D eigenvalue weighted by atomic mass is 79.9. The lowest BCUT2D eigenvalue weighted by molar-refractivity contribution is 0.213. The molecule has 5 heteroatoms. The third-order valence-electron chi connectivity index (χ3n) is 2.74. The molecule has 1 aromatic carbocycles. The summed E-state index contributed by atoms with van der Waals surface area (Å²) in [7, 11) is 3.14. The van der Waals surface area contributed by atoms with E-state index >= 15 is 0 Å². The van der Waals surface area contributed by atoms with E-state index in [1.165, 1.54) is 0 Å². The Labute approximate surface area is 120 Å². The summed E-state index contributed by atoms with van der Waals surface area (Å²) >= 11 is 3.38. The third-order valence-corrected chi connectivity index (χ3v) is 3.41. The second-order valence-electron chi connectivity index (χ2n) is 3.92. The van der Waals surface area contributed by atoms with E-state index in [0.29, 0.717) is 22.8 Å². The summed E-state index contributed by atoms with van der Waals surface area (Å²) in [5, 5.41) is 10.4. The Morgan fingerprint density at radius 3 is 2.32 bits per heavy atom. The zero-order valence-electron chi connectivity index (χ0n) is 10.6. The van der Waals surface area contributed by atoms with E-state index in [1.54, 1.807) is 44.7 Å². The number of pyridine rings is 1. The van der Waals surface area contributed by atoms with Gasteiger partial charge in [0.2, 0.25) is 0 Å². The molecule has 0 radical (unpaired) electrons. The van der Waals surface area contributed by atoms with E-state index in [9.17, 15) is 5.11 Å². The van der Waals surface area contributed by atoms with Gasteiger partial charge in [-0.2, -0.15) is 0 Å². The maximum atomic E-state index is 10.4. The number of aliphatic hydroxyl groups is 1. The number of ether oxygens (including phenoxy) is 2. The molecule has 100 valence electrons. The van der Waals surface area contributed by atoms with Gasteiger partial charge in [-0.15, -0.1) is 0 Å². The number of nitrogens with zero attached hydrogens (tertiary/aromatic N) is 1. The van der Waals surface area contributed by atoms with Crippen LogP contribution in [0.25, 0.3) is 0 Å². The zero-order chi connectivity index (χ0) is 13.8. The van der Waals surface area contributed by atoms with Gasteiger partial charge in [0.25, 0.3) is 0 Å². The van der Waals surface area contributed by atoms with Gasteiger partial charge in [0.05, 0.1) is 19.9 Å². The molecular weight excluding hydrogens is 310 g/mol. The summed E-state index contributed by atoms with van der Waals surface area (Å²) in [5.74, 6) is 1.25. The maximum Gasteiger partial charge on any atom is 0.122 e. The van der Waals surface area contributed by atoms with Gasteiger partial charge in [-0.3, -0.25) is 4.98 Å². The van der Waals surface area contributed by atoms with Crippen molar-refractivity contribution in [3.63, 3.8) is 0 Å². The first-order chi connectivity index (χ1) is 9.15. The van der Waals surface area contributed by atoms with Crippen molar-refractivity contribution in [2.45, 2.75) is 6.10 Å². The molecule has 0 fully saturated rings. The Bertz CT molecular complexity index is 552. The molecule has 0 aliphatic carbocycles. The minimum Gasteiger partial charge on any atom is -0.497 e. The fraction of sp³-hybridized carbons (Fsp3) is 0.214. The predicted octanol–water partition coefficient (Wildman–Crippen LogP) is 2.94. The van der Waals surface area contributed by atoms with Crippen LogP contribution >= 0.6 is 15.9 Å². The molecule has 2 rings (SSSR count). The summed E-state index contributed by atoms with van der Waals surface area (Å²) < 4.78 is 11.1. The quantitative estimate of drug-likeness (QED) is 0.939. The molecule has 1 heterocycles. The molecule has 19 heavy (non-hydrogen) atoms. The van der Waals surface area contributed by atoms with Crippen molar-refractivity contribution in [1.82, 2.24) is 4.98 Å². The van der Waals surface area contributed by atoms with E-state index in [0.717, 1.165) is 4.47 Å². The molecule has 1 unspecified atom stereocenters. The van der Waals surface area contributed by atoms with E-state index in [1.807, 2.05) is 6.07 Å². The SMILES string of the molecule is COc1cc(OC)cc(C(O)c2ncccc2Br)c1. The van der Waals surface area contributed by atoms with Crippen molar-refractivity contribution in [2.24, 2.45) is 0 Å². The van der Waals surface area contributed by atoms with Crippen LogP contribution in [0.5, 0.6) is 11.5 Å². The number of hydrogen-bond donors (Lipinski definition) is 1. The molecule has 4 nitrogen and oxygen atoms in total. The van der Waals surface area contributed by atoms with Crippen LogP contribution in [-0.2, 0) is 0 Å². The highest BCUT2D eigenvalue weighted by Gasteiger charge is 2.16. The number of rotatable bonds is 4. The van der Waals surface area contributed by atoms with Crippen molar-refractivity contribution in [2.75, 3.05) is 14.2 Å². The van der Waals surface area contributed by atoms with Crippen LogP contribution in [0.15, 0.2) is 41.0 Å². The van der Waals surface area contributed by atoms with Gasteiger partial charge in [-0.1, -0.05) is 0 Å². The van der Waals surface area contributed by atoms with Crippen LogP contribution in [0.3, 0.4) is 0 Å². The summed E-state index contributed by atoms with van der Waals surface area (Å²) in [6.45, 7) is 0. The van der Waals surface area contributed by atoms with Crippen LogP contribution in [0, 0.1) is 0 Å². The largest absolute Gasteiger partial charge is 0.497 e. The Morgan fingerprint density at radius 1 is 1.16 bits per heavy atom. The molecule has 0 amide bonds. The second-order valence-corrected chi connectivity index (χ2v) is 4.77. The predicted molar refractivity (Wildman–Crippen MR) is 75.5 cm³/mol. The highest BCUT2D eigenvalue weighted by Crippen LogP contribution is 2.31. The lowest BCUT2D eigenvalue weighted by atomic mass is 10.1. The number of aromatic nitrogens is 1. The normalized spacial score (nSPS) is 12.0. The summed E-state index contributed by atoms with van der Waals surface area (Å²) in [4.78, 5) is 4.19. The number of hydrogen-bond acceptors (Lipinski definition) is 4. The van der Waals surface area contributed by atoms with Gasteiger partial charge in [0.15, 0.2) is 0 Å². The smallest absolute Gasteiger partial charge is 0.122 e. The van der Waals surface area contributed by atoms with Crippen molar-refractivity contribution in [3.05, 3.63) is 52.3 Å². The summed E-state index contributed by atoms with van der Waals surface area (Å²) in [5.41, 5.74) is 1.22. The van der Waals surface area contributed by atoms with Gasteiger partial charge >= 0.3 is 0 Å². The van der Waals surface area contributed by atoms with E-state index < -0.39 is 6.10 Å². The molecule has 2 aromatic rings. The monoisotopic (exact) mass is 323 g/mol. The maximum absolute atomic E-state index is 10.4. The average Bonchev–Trinajstić information content (AvgIpc) is 2.46. The second kappa shape index (κ2) is 6.04. The van der Waals surface area contributed by atoms with Gasteiger partial charge in [0.1, 0.15) is 17.6 Å². The Kier molecular flexibility index (Phi) is 4.39. The molecule has 0 spiro atoms. The van der Waals surface area contributed by atoms with Crippen LogP contribution in [0.2, 0.25) is 0 Å². The first-order valence-corrected chi connectivity index (χ1v) is 6.46. The number of benzene rings is 1. The third kappa shape index (κ3) is 3.05. The van der Waals surface area contributed by atoms with Crippen molar-refractivity contribution in [3.8, 4) is 11.5 Å². The number of methoxy groups -OCH3 is 2. The van der Waals surface area contributed by atoms with E-state index in [-0.39, 0.29) is 0 Å². The number of halogens is 1. The van der Waals surface area contributed by atoms with Crippen LogP contribution < -0.4 is 9.47 Å². The standard InChI is InChI=1S/C14H14BrNO3/c1-18-10-6-9(7-11(8-10)19-2)14(17)13-12(15)4-3-5-16-13/h3-8,14,17H,1-2H3. The molecule has 0 bridgehead atoms. The minimum atomic E-state index is -0.848. The summed E-state index contributed by atoms with van der Waals surface area (Å²) in [6, 6.07) is 8.90. The van der Waals surface area contributed by atoms with E-state index in [2.05, 4.69) is 20.9 Å². The van der Waals surface area contributed by atoms with Gasteiger partial charge in [0, 0.05) is 16.7 Å². The van der Waals surface area contributed by atoms with Crippen LogP contribution in [-0.4, -0.2) is 24.3 Å². The van der Waals surface area contributed by atoms with Crippen LogP contribution in [0.1, 0.15) is 17.4 Å². The molecule has 0 aliphatic rings. The average molecular weight is 324 g/mol. The van der Waals surface area contributed by atoms with Crippen LogP contribution in [0.4, 0.5) is 0 Å². The fourth-order valence-electron chi connectivity index (χ4n) is 1.74. The zero-order valence-corrected chi connectivity index (χ0v) is 12.2. The fourth-order valence-corrected chi connectivity index (χ4v) is 2.22. The minimum absolute atomic E-state index is 0.554. The topological polar surface area (TPSA) is 51.6 Å². The highest BCUT2D eigenvalue weighted by molar-refractivity contribution is 9.10. The molecule has 1 N–H and O–H groups in total. The van der Waals surface area contributed by atoms with Crippen molar-refractivity contribution in [1.29, 1.82) is 0 Å². The molecule has 0 aliphatic heterocycles. The molecule has 1 aromatic heterocycles. The Morgan fingerprint density at radius 2 is 1.79 bits per heavy atom.